The Bertz CT molecular complexity index is 879. The van der Waals surface area contributed by atoms with Crippen LogP contribution in [-0.4, -0.2) is 52.3 Å². The third-order valence-corrected chi connectivity index (χ3v) is 5.33. The zero-order chi connectivity index (χ0) is 21.5. The first-order chi connectivity index (χ1) is 14.6. The fourth-order valence-electron chi connectivity index (χ4n) is 3.74. The molecule has 2 aromatic carbocycles. The van der Waals surface area contributed by atoms with Gasteiger partial charge in [0.1, 0.15) is 0 Å². The fourth-order valence-corrected chi connectivity index (χ4v) is 3.74. The molecule has 1 fully saturated rings. The average molecular weight is 411 g/mol. The molecule has 6 heteroatoms. The Morgan fingerprint density at radius 2 is 1.67 bits per heavy atom. The van der Waals surface area contributed by atoms with Crippen LogP contribution in [0.1, 0.15) is 24.0 Å². The summed E-state index contributed by atoms with van der Waals surface area (Å²) in [6, 6.07) is 12.0. The van der Waals surface area contributed by atoms with Gasteiger partial charge in [-0.15, -0.1) is 0 Å². The summed E-state index contributed by atoms with van der Waals surface area (Å²) in [5, 5.41) is 0. The minimum Gasteiger partial charge on any atom is -0.493 e. The van der Waals surface area contributed by atoms with Gasteiger partial charge in [0.2, 0.25) is 11.7 Å². The van der Waals surface area contributed by atoms with Crippen LogP contribution in [0.2, 0.25) is 0 Å². The summed E-state index contributed by atoms with van der Waals surface area (Å²) in [4.78, 5) is 16.9. The second kappa shape index (κ2) is 10.1. The zero-order valence-corrected chi connectivity index (χ0v) is 18.2. The van der Waals surface area contributed by atoms with Gasteiger partial charge in [-0.05, 0) is 48.2 Å². The Kier molecular flexibility index (Phi) is 7.22. The van der Waals surface area contributed by atoms with E-state index in [2.05, 4.69) is 23.1 Å². The summed E-state index contributed by atoms with van der Waals surface area (Å²) in [6.45, 7) is 2.72. The summed E-state index contributed by atoms with van der Waals surface area (Å²) in [5.74, 6) is 1.56. The Morgan fingerprint density at radius 1 is 1.03 bits per heavy atom. The number of ether oxygens (including phenoxy) is 3. The molecule has 1 aliphatic rings. The molecule has 0 spiro atoms. The van der Waals surface area contributed by atoms with E-state index in [-0.39, 0.29) is 5.91 Å². The van der Waals surface area contributed by atoms with Crippen molar-refractivity contribution in [2.45, 2.75) is 19.4 Å². The van der Waals surface area contributed by atoms with Crippen molar-refractivity contribution >= 4 is 17.7 Å². The lowest BCUT2D eigenvalue weighted by Crippen LogP contribution is -2.26. The zero-order valence-electron chi connectivity index (χ0n) is 18.2. The molecule has 3 rings (SSSR count). The van der Waals surface area contributed by atoms with E-state index in [1.54, 1.807) is 38.4 Å². The number of methoxy groups -OCH3 is 3. The summed E-state index contributed by atoms with van der Waals surface area (Å²) >= 11 is 0. The predicted molar refractivity (Wildman–Crippen MR) is 119 cm³/mol. The Hall–Kier alpha value is -3.15. The molecule has 0 unspecified atom stereocenters. The molecule has 160 valence electrons. The highest BCUT2D eigenvalue weighted by molar-refractivity contribution is 5.91. The molecule has 0 N–H and O–H groups in total. The summed E-state index contributed by atoms with van der Waals surface area (Å²) in [5.41, 5.74) is 3.18. The third kappa shape index (κ3) is 4.87. The lowest BCUT2D eigenvalue weighted by molar-refractivity contribution is -0.125. The molecule has 0 saturated carbocycles. The number of anilines is 1. The van der Waals surface area contributed by atoms with E-state index in [0.29, 0.717) is 23.8 Å². The van der Waals surface area contributed by atoms with Crippen LogP contribution in [0.4, 0.5) is 5.69 Å². The molecule has 0 aliphatic carbocycles. The molecule has 30 heavy (non-hydrogen) atoms. The molecule has 0 bridgehead atoms. The van der Waals surface area contributed by atoms with Crippen molar-refractivity contribution in [3.05, 3.63) is 53.6 Å². The van der Waals surface area contributed by atoms with Gasteiger partial charge in [0.15, 0.2) is 11.5 Å². The number of carbonyl (C=O) groups is 1. The largest absolute Gasteiger partial charge is 0.493 e. The van der Waals surface area contributed by atoms with E-state index >= 15 is 0 Å². The van der Waals surface area contributed by atoms with Crippen LogP contribution < -0.4 is 19.1 Å². The van der Waals surface area contributed by atoms with E-state index in [1.165, 1.54) is 18.5 Å². The fraction of sp³-hybridized carbons (Fsp3) is 0.375. The lowest BCUT2D eigenvalue weighted by Gasteiger charge is -2.24. The quantitative estimate of drug-likeness (QED) is 0.616. The molecule has 2 aromatic rings. The Morgan fingerprint density at radius 3 is 2.27 bits per heavy atom. The van der Waals surface area contributed by atoms with Crippen molar-refractivity contribution in [1.29, 1.82) is 0 Å². The van der Waals surface area contributed by atoms with Gasteiger partial charge in [0, 0.05) is 38.4 Å². The number of nitrogens with zero attached hydrogens (tertiary/aromatic N) is 2. The van der Waals surface area contributed by atoms with Crippen molar-refractivity contribution in [3.63, 3.8) is 0 Å². The van der Waals surface area contributed by atoms with Crippen molar-refractivity contribution in [1.82, 2.24) is 4.90 Å². The van der Waals surface area contributed by atoms with Gasteiger partial charge in [0.25, 0.3) is 0 Å². The second-order valence-corrected chi connectivity index (χ2v) is 7.31. The molecule has 0 aromatic heterocycles. The molecule has 1 heterocycles. The van der Waals surface area contributed by atoms with Crippen LogP contribution >= 0.6 is 0 Å². The molecule has 0 radical (unpaired) electrons. The lowest BCUT2D eigenvalue weighted by atomic mass is 10.1. The number of hydrogen-bond donors (Lipinski definition) is 0. The van der Waals surface area contributed by atoms with Gasteiger partial charge in [0.05, 0.1) is 21.3 Å². The van der Waals surface area contributed by atoms with Crippen molar-refractivity contribution in [2.24, 2.45) is 0 Å². The van der Waals surface area contributed by atoms with Crippen LogP contribution in [-0.2, 0) is 11.3 Å². The minimum atomic E-state index is -0.0695. The van der Waals surface area contributed by atoms with Gasteiger partial charge in [-0.25, -0.2) is 0 Å². The SMILES string of the molecule is COc1cc(/C=C/C(=O)N(C)Cc2ccccc2N2CCCC2)cc(OC)c1OC. The summed E-state index contributed by atoms with van der Waals surface area (Å²) in [7, 11) is 6.53. The number of rotatable bonds is 8. The molecule has 1 amide bonds. The number of carbonyl (C=O) groups excluding carboxylic acids is 1. The number of amides is 1. The Labute approximate surface area is 178 Å². The van der Waals surface area contributed by atoms with Gasteiger partial charge < -0.3 is 24.0 Å². The number of benzene rings is 2. The standard InChI is InChI=1S/C24H30N2O4/c1-25(17-19-9-5-6-10-20(19)26-13-7-8-14-26)23(27)12-11-18-15-21(28-2)24(30-4)22(16-18)29-3/h5-6,9-12,15-16H,7-8,13-14,17H2,1-4H3/b12-11+. The van der Waals surface area contributed by atoms with E-state index < -0.39 is 0 Å². The third-order valence-electron chi connectivity index (χ3n) is 5.33. The van der Waals surface area contributed by atoms with E-state index in [1.807, 2.05) is 25.2 Å². The predicted octanol–water partition coefficient (Wildman–Crippen LogP) is 3.98. The number of likely N-dealkylation sites (N-methyl/N-ethyl adjacent to an activating group) is 1. The smallest absolute Gasteiger partial charge is 0.246 e. The molecule has 1 saturated heterocycles. The van der Waals surface area contributed by atoms with Crippen LogP contribution in [0.25, 0.3) is 6.08 Å². The van der Waals surface area contributed by atoms with E-state index in [9.17, 15) is 4.79 Å². The maximum atomic E-state index is 12.7. The summed E-state index contributed by atoms with van der Waals surface area (Å²) < 4.78 is 16.1. The maximum Gasteiger partial charge on any atom is 0.246 e. The van der Waals surface area contributed by atoms with Crippen molar-refractivity contribution in [3.8, 4) is 17.2 Å². The normalized spacial score (nSPS) is 13.5. The van der Waals surface area contributed by atoms with Crippen LogP contribution in [0.5, 0.6) is 17.2 Å². The second-order valence-electron chi connectivity index (χ2n) is 7.31. The first-order valence-corrected chi connectivity index (χ1v) is 10.1. The monoisotopic (exact) mass is 410 g/mol. The highest BCUT2D eigenvalue weighted by atomic mass is 16.5. The van der Waals surface area contributed by atoms with Gasteiger partial charge in [-0.1, -0.05) is 18.2 Å². The van der Waals surface area contributed by atoms with Gasteiger partial charge >= 0.3 is 0 Å². The van der Waals surface area contributed by atoms with Crippen LogP contribution in [0.3, 0.4) is 0 Å². The topological polar surface area (TPSA) is 51.2 Å². The van der Waals surface area contributed by atoms with Gasteiger partial charge in [-0.3, -0.25) is 4.79 Å². The van der Waals surface area contributed by atoms with Crippen LogP contribution in [0.15, 0.2) is 42.5 Å². The first-order valence-electron chi connectivity index (χ1n) is 10.1. The highest BCUT2D eigenvalue weighted by Crippen LogP contribution is 2.38. The molecule has 6 nitrogen and oxygen atoms in total. The van der Waals surface area contributed by atoms with Crippen LogP contribution in [0, 0.1) is 0 Å². The summed E-state index contributed by atoms with van der Waals surface area (Å²) in [6.07, 6.45) is 5.77. The van der Waals surface area contributed by atoms with E-state index in [0.717, 1.165) is 24.2 Å². The minimum absolute atomic E-state index is 0.0695. The Balaban J connectivity index is 1.73. The molecule has 1 aliphatic heterocycles. The molecular formula is C24H30N2O4. The van der Waals surface area contributed by atoms with Gasteiger partial charge in [-0.2, -0.15) is 0 Å². The maximum absolute atomic E-state index is 12.7. The number of hydrogen-bond acceptors (Lipinski definition) is 5. The van der Waals surface area contributed by atoms with E-state index in [4.69, 9.17) is 14.2 Å². The average Bonchev–Trinajstić information content (AvgIpc) is 3.31. The van der Waals surface area contributed by atoms with Crippen molar-refractivity contribution in [2.75, 3.05) is 46.4 Å². The molecule has 0 atom stereocenters. The molecular weight excluding hydrogens is 380 g/mol. The highest BCUT2D eigenvalue weighted by Gasteiger charge is 2.17. The van der Waals surface area contributed by atoms with Crippen molar-refractivity contribution < 1.29 is 19.0 Å². The number of para-hydroxylation sites is 1. The first kappa shape index (κ1) is 21.6.